The van der Waals surface area contributed by atoms with Crippen LogP contribution in [0.2, 0.25) is 0 Å². The van der Waals surface area contributed by atoms with Gasteiger partial charge in [0.05, 0.1) is 11.0 Å². The first-order chi connectivity index (χ1) is 23.2. The van der Waals surface area contributed by atoms with Crippen molar-refractivity contribution in [1.29, 1.82) is 0 Å². The molecule has 1 aromatic heterocycles. The van der Waals surface area contributed by atoms with Crippen LogP contribution < -0.4 is 0 Å². The number of hydrogen-bond donors (Lipinski definition) is 0. The summed E-state index contributed by atoms with van der Waals surface area (Å²) in [4.78, 5) is 0. The van der Waals surface area contributed by atoms with Gasteiger partial charge in [-0.2, -0.15) is 0 Å². The Balaban J connectivity index is 1.61. The number of rotatable bonds is 5. The maximum Gasteiger partial charge on any atom is 0.0543 e. The minimum atomic E-state index is 0.935. The van der Waals surface area contributed by atoms with E-state index in [2.05, 4.69) is 182 Å². The first-order valence-corrected chi connectivity index (χ1v) is 16.7. The van der Waals surface area contributed by atoms with Crippen LogP contribution in [0.3, 0.4) is 0 Å². The van der Waals surface area contributed by atoms with Crippen molar-refractivity contribution in [2.45, 2.75) is 26.7 Å². The van der Waals surface area contributed by atoms with Crippen LogP contribution in [0.5, 0.6) is 0 Å². The maximum absolute atomic E-state index is 2.49. The van der Waals surface area contributed by atoms with Crippen molar-refractivity contribution in [1.82, 2.24) is 4.57 Å². The SMILES string of the molecule is CCc1ccccc1-c1cc2c3ccccc3c3ccccc3c3ccccc3n(-c3ccc(-c4ccccc4)cc3)c2cc1CC. The lowest BCUT2D eigenvalue weighted by atomic mass is 9.91. The van der Waals surface area contributed by atoms with Crippen molar-refractivity contribution in [2.24, 2.45) is 0 Å². The largest absolute Gasteiger partial charge is 0.309 e. The molecule has 7 aromatic carbocycles. The molecule has 8 rings (SSSR count). The predicted molar refractivity (Wildman–Crippen MR) is 203 cm³/mol. The van der Waals surface area contributed by atoms with Gasteiger partial charge in [0.2, 0.25) is 0 Å². The molecule has 1 heterocycles. The van der Waals surface area contributed by atoms with E-state index in [-0.39, 0.29) is 0 Å². The lowest BCUT2D eigenvalue weighted by Gasteiger charge is -2.18. The number of aromatic nitrogens is 1. The molecule has 8 aromatic rings. The van der Waals surface area contributed by atoms with Crippen molar-refractivity contribution >= 4 is 43.4 Å². The molecular weight excluding hydrogens is 567 g/mol. The van der Waals surface area contributed by atoms with Crippen LogP contribution in [0.4, 0.5) is 0 Å². The highest BCUT2D eigenvalue weighted by Crippen LogP contribution is 2.38. The molecule has 0 saturated heterocycles. The Kier molecular flexibility index (Phi) is 7.51. The second-order valence-electron chi connectivity index (χ2n) is 12.2. The molecule has 0 atom stereocenters. The Morgan fingerprint density at radius 1 is 0.362 bits per heavy atom. The highest BCUT2D eigenvalue weighted by Gasteiger charge is 2.15. The fraction of sp³-hybridized carbons (Fsp3) is 0.0870. The summed E-state index contributed by atoms with van der Waals surface area (Å²) in [6.07, 6.45) is 1.93. The van der Waals surface area contributed by atoms with E-state index in [1.165, 1.54) is 76.7 Å². The lowest BCUT2D eigenvalue weighted by molar-refractivity contribution is 1.11. The molecule has 0 amide bonds. The molecule has 0 N–H and O–H groups in total. The van der Waals surface area contributed by atoms with Crippen LogP contribution in [-0.2, 0) is 12.8 Å². The molecule has 0 radical (unpaired) electrons. The third-order valence-corrected chi connectivity index (χ3v) is 9.63. The molecule has 0 bridgehead atoms. The smallest absolute Gasteiger partial charge is 0.0543 e. The molecule has 0 saturated carbocycles. The number of benzene rings is 7. The fourth-order valence-electron chi connectivity index (χ4n) is 7.31. The standard InChI is InChI=1S/C46H37N/c1-3-32-16-8-9-19-37(32)43-31-44-41-23-13-11-21-39(41)38-20-10-12-22-40(38)42-24-14-15-25-45(42)47(46(44)30-33(43)4-2)36-28-26-35(27-29-36)34-17-6-5-7-18-34/h5-31H,3-4H2,1-2H3. The number of nitrogens with zero attached hydrogens (tertiary/aromatic N) is 1. The summed E-state index contributed by atoms with van der Waals surface area (Å²) >= 11 is 0. The van der Waals surface area contributed by atoms with Gasteiger partial charge in [0.25, 0.3) is 0 Å². The molecular formula is C46H37N. The molecule has 0 aliphatic carbocycles. The van der Waals surface area contributed by atoms with E-state index in [0.29, 0.717) is 0 Å². The van der Waals surface area contributed by atoms with E-state index in [1.807, 2.05) is 0 Å². The summed E-state index contributed by atoms with van der Waals surface area (Å²) in [5.41, 5.74) is 11.3. The van der Waals surface area contributed by atoms with Crippen LogP contribution in [0.15, 0.2) is 164 Å². The van der Waals surface area contributed by atoms with Gasteiger partial charge in [-0.15, -0.1) is 0 Å². The molecule has 0 aliphatic rings. The Morgan fingerprint density at radius 2 is 0.872 bits per heavy atom. The molecule has 226 valence electrons. The number of para-hydroxylation sites is 1. The molecule has 0 spiro atoms. The summed E-state index contributed by atoms with van der Waals surface area (Å²) in [5, 5.41) is 7.43. The quantitative estimate of drug-likeness (QED) is 0.184. The summed E-state index contributed by atoms with van der Waals surface area (Å²) < 4.78 is 2.49. The topological polar surface area (TPSA) is 4.93 Å². The van der Waals surface area contributed by atoms with Crippen molar-refractivity contribution in [3.8, 4) is 27.9 Å². The Labute approximate surface area is 276 Å². The van der Waals surface area contributed by atoms with Crippen LogP contribution in [0, 0.1) is 0 Å². The average molecular weight is 604 g/mol. The molecule has 1 heteroatoms. The van der Waals surface area contributed by atoms with Gasteiger partial charge in [-0.05, 0) is 98.1 Å². The monoisotopic (exact) mass is 603 g/mol. The van der Waals surface area contributed by atoms with Gasteiger partial charge in [-0.1, -0.05) is 147 Å². The predicted octanol–water partition coefficient (Wildman–Crippen LogP) is 12.7. The van der Waals surface area contributed by atoms with E-state index < -0.39 is 0 Å². The van der Waals surface area contributed by atoms with Gasteiger partial charge in [0.1, 0.15) is 0 Å². The van der Waals surface area contributed by atoms with Gasteiger partial charge < -0.3 is 4.57 Å². The summed E-state index contributed by atoms with van der Waals surface area (Å²) in [6, 6.07) is 60.3. The van der Waals surface area contributed by atoms with Gasteiger partial charge in [0.15, 0.2) is 0 Å². The van der Waals surface area contributed by atoms with Gasteiger partial charge in [-0.3, -0.25) is 0 Å². The van der Waals surface area contributed by atoms with Crippen LogP contribution in [0.25, 0.3) is 71.3 Å². The third kappa shape index (κ3) is 5.05. The molecule has 0 unspecified atom stereocenters. The van der Waals surface area contributed by atoms with Crippen molar-refractivity contribution in [3.05, 3.63) is 175 Å². The molecule has 47 heavy (non-hydrogen) atoms. The van der Waals surface area contributed by atoms with E-state index in [9.17, 15) is 0 Å². The fourth-order valence-corrected chi connectivity index (χ4v) is 7.31. The molecule has 1 nitrogen and oxygen atoms in total. The summed E-state index contributed by atoms with van der Waals surface area (Å²) in [5.74, 6) is 0. The zero-order valence-electron chi connectivity index (χ0n) is 26.9. The van der Waals surface area contributed by atoms with Crippen LogP contribution in [0.1, 0.15) is 25.0 Å². The summed E-state index contributed by atoms with van der Waals surface area (Å²) in [6.45, 7) is 4.54. The van der Waals surface area contributed by atoms with Crippen molar-refractivity contribution in [3.63, 3.8) is 0 Å². The first-order valence-electron chi connectivity index (χ1n) is 16.7. The van der Waals surface area contributed by atoms with Gasteiger partial charge in [-0.25, -0.2) is 0 Å². The van der Waals surface area contributed by atoms with Crippen molar-refractivity contribution in [2.75, 3.05) is 0 Å². The van der Waals surface area contributed by atoms with E-state index in [0.717, 1.165) is 18.5 Å². The Bertz CT molecular complexity index is 2460. The first kappa shape index (κ1) is 28.8. The Morgan fingerprint density at radius 3 is 1.53 bits per heavy atom. The van der Waals surface area contributed by atoms with Gasteiger partial charge in [0, 0.05) is 16.5 Å². The Hall–Kier alpha value is -5.66. The maximum atomic E-state index is 2.49. The van der Waals surface area contributed by atoms with E-state index in [1.54, 1.807) is 0 Å². The average Bonchev–Trinajstić information content (AvgIpc) is 3.19. The van der Waals surface area contributed by atoms with E-state index >= 15 is 0 Å². The number of fused-ring (bicyclic) bond motifs is 7. The minimum Gasteiger partial charge on any atom is -0.309 e. The zero-order chi connectivity index (χ0) is 31.7. The normalized spacial score (nSPS) is 11.4. The van der Waals surface area contributed by atoms with E-state index in [4.69, 9.17) is 0 Å². The molecule has 0 aliphatic heterocycles. The highest BCUT2D eigenvalue weighted by atomic mass is 15.0. The lowest BCUT2D eigenvalue weighted by Crippen LogP contribution is -2.00. The molecule has 0 fully saturated rings. The van der Waals surface area contributed by atoms with Crippen LogP contribution >= 0.6 is 0 Å². The number of hydrogen-bond acceptors (Lipinski definition) is 0. The zero-order valence-corrected chi connectivity index (χ0v) is 26.9. The number of aryl methyl sites for hydroxylation is 2. The second kappa shape index (κ2) is 12.3. The third-order valence-electron chi connectivity index (χ3n) is 9.63. The van der Waals surface area contributed by atoms with Gasteiger partial charge >= 0.3 is 0 Å². The minimum absolute atomic E-state index is 0.935. The second-order valence-corrected chi connectivity index (χ2v) is 12.2. The summed E-state index contributed by atoms with van der Waals surface area (Å²) in [7, 11) is 0. The van der Waals surface area contributed by atoms with Crippen LogP contribution in [-0.4, -0.2) is 4.57 Å². The highest BCUT2D eigenvalue weighted by molar-refractivity contribution is 6.20. The van der Waals surface area contributed by atoms with Crippen molar-refractivity contribution < 1.29 is 0 Å².